The summed E-state index contributed by atoms with van der Waals surface area (Å²) in [4.78, 5) is 0. The number of para-hydroxylation sites is 1. The molecule has 1 aliphatic rings. The maximum atomic E-state index is 13.1. The summed E-state index contributed by atoms with van der Waals surface area (Å²) in [5.41, 5.74) is 5.76. The van der Waals surface area contributed by atoms with Crippen molar-refractivity contribution in [1.29, 1.82) is 0 Å². The molecule has 1 unspecified atom stereocenters. The summed E-state index contributed by atoms with van der Waals surface area (Å²) in [6, 6.07) is 3.52. The van der Waals surface area contributed by atoms with Crippen molar-refractivity contribution >= 4 is 0 Å². The SMILES string of the molecule is NC(COc1c(F)cccc1F)C1CC1. The van der Waals surface area contributed by atoms with Crippen molar-refractivity contribution in [3.8, 4) is 5.75 Å². The number of ether oxygens (including phenoxy) is 1. The molecule has 0 aromatic heterocycles. The Balaban J connectivity index is 1.97. The zero-order valence-corrected chi connectivity index (χ0v) is 8.25. The largest absolute Gasteiger partial charge is 0.486 e. The zero-order chi connectivity index (χ0) is 10.8. The van der Waals surface area contributed by atoms with Crippen LogP contribution in [0.15, 0.2) is 18.2 Å². The number of nitrogens with two attached hydrogens (primary N) is 1. The summed E-state index contributed by atoms with van der Waals surface area (Å²) >= 11 is 0. The molecule has 82 valence electrons. The molecule has 2 N–H and O–H groups in total. The average molecular weight is 213 g/mol. The van der Waals surface area contributed by atoms with Gasteiger partial charge in [0, 0.05) is 6.04 Å². The maximum Gasteiger partial charge on any atom is 0.190 e. The molecule has 0 bridgehead atoms. The number of benzene rings is 1. The van der Waals surface area contributed by atoms with E-state index in [4.69, 9.17) is 10.5 Å². The minimum absolute atomic E-state index is 0.121. The topological polar surface area (TPSA) is 35.2 Å². The van der Waals surface area contributed by atoms with Crippen molar-refractivity contribution < 1.29 is 13.5 Å². The van der Waals surface area contributed by atoms with Crippen LogP contribution < -0.4 is 10.5 Å². The van der Waals surface area contributed by atoms with Crippen molar-refractivity contribution in [3.63, 3.8) is 0 Å². The van der Waals surface area contributed by atoms with E-state index in [1.54, 1.807) is 0 Å². The summed E-state index contributed by atoms with van der Waals surface area (Å²) in [6.07, 6.45) is 2.18. The van der Waals surface area contributed by atoms with Gasteiger partial charge in [-0.05, 0) is 30.9 Å². The first-order valence-corrected chi connectivity index (χ1v) is 5.01. The van der Waals surface area contributed by atoms with Crippen LogP contribution >= 0.6 is 0 Å². The van der Waals surface area contributed by atoms with Gasteiger partial charge in [0.1, 0.15) is 6.61 Å². The van der Waals surface area contributed by atoms with Gasteiger partial charge in [0.25, 0.3) is 0 Å². The molecular formula is C11H13F2NO. The smallest absolute Gasteiger partial charge is 0.190 e. The van der Waals surface area contributed by atoms with Crippen LogP contribution in [0.5, 0.6) is 5.75 Å². The molecule has 1 aliphatic carbocycles. The molecule has 1 aromatic carbocycles. The predicted molar refractivity (Wildman–Crippen MR) is 52.6 cm³/mol. The van der Waals surface area contributed by atoms with Crippen LogP contribution in [0.2, 0.25) is 0 Å². The van der Waals surface area contributed by atoms with Gasteiger partial charge in [-0.1, -0.05) is 6.07 Å². The summed E-state index contributed by atoms with van der Waals surface area (Å²) in [7, 11) is 0. The highest BCUT2D eigenvalue weighted by Crippen LogP contribution is 2.32. The third-order valence-electron chi connectivity index (χ3n) is 2.57. The minimum atomic E-state index is -0.682. The molecule has 2 nitrogen and oxygen atoms in total. The molecule has 0 saturated heterocycles. The lowest BCUT2D eigenvalue weighted by Crippen LogP contribution is -2.30. The van der Waals surface area contributed by atoms with Gasteiger partial charge in [-0.2, -0.15) is 0 Å². The second kappa shape index (κ2) is 4.14. The van der Waals surface area contributed by atoms with E-state index in [2.05, 4.69) is 0 Å². The molecule has 0 radical (unpaired) electrons. The van der Waals surface area contributed by atoms with Crippen molar-refractivity contribution in [2.75, 3.05) is 6.61 Å². The second-order valence-corrected chi connectivity index (χ2v) is 3.86. The second-order valence-electron chi connectivity index (χ2n) is 3.86. The highest BCUT2D eigenvalue weighted by molar-refractivity contribution is 5.26. The van der Waals surface area contributed by atoms with Gasteiger partial charge in [-0.15, -0.1) is 0 Å². The summed E-state index contributed by atoms with van der Waals surface area (Å²) in [5, 5.41) is 0. The van der Waals surface area contributed by atoms with Crippen LogP contribution in [0.1, 0.15) is 12.8 Å². The first kappa shape index (κ1) is 10.4. The van der Waals surface area contributed by atoms with Crippen LogP contribution in [-0.2, 0) is 0 Å². The van der Waals surface area contributed by atoms with Gasteiger partial charge in [0.2, 0.25) is 0 Å². The summed E-state index contributed by atoms with van der Waals surface area (Å²) in [6.45, 7) is 0.169. The average Bonchev–Trinajstić information content (AvgIpc) is 2.99. The van der Waals surface area contributed by atoms with Crippen LogP contribution in [0.25, 0.3) is 0 Å². The predicted octanol–water partition coefficient (Wildman–Crippen LogP) is 2.08. The van der Waals surface area contributed by atoms with Crippen molar-refractivity contribution in [3.05, 3.63) is 29.8 Å². The van der Waals surface area contributed by atoms with E-state index in [0.29, 0.717) is 5.92 Å². The molecular weight excluding hydrogens is 200 g/mol. The van der Waals surface area contributed by atoms with E-state index in [1.165, 1.54) is 18.2 Å². The van der Waals surface area contributed by atoms with Crippen LogP contribution in [-0.4, -0.2) is 12.6 Å². The number of hydrogen-bond donors (Lipinski definition) is 1. The third kappa shape index (κ3) is 2.45. The Morgan fingerprint density at radius 1 is 1.33 bits per heavy atom. The zero-order valence-electron chi connectivity index (χ0n) is 8.25. The van der Waals surface area contributed by atoms with Crippen molar-refractivity contribution in [1.82, 2.24) is 0 Å². The van der Waals surface area contributed by atoms with E-state index < -0.39 is 11.6 Å². The molecule has 0 aliphatic heterocycles. The van der Waals surface area contributed by atoms with Gasteiger partial charge >= 0.3 is 0 Å². The molecule has 0 spiro atoms. The lowest BCUT2D eigenvalue weighted by atomic mass is 10.2. The quantitative estimate of drug-likeness (QED) is 0.831. The third-order valence-corrected chi connectivity index (χ3v) is 2.57. The van der Waals surface area contributed by atoms with Gasteiger partial charge in [-0.25, -0.2) is 8.78 Å². The molecule has 1 fully saturated rings. The van der Waals surface area contributed by atoms with Crippen molar-refractivity contribution in [2.24, 2.45) is 11.7 Å². The van der Waals surface area contributed by atoms with E-state index in [9.17, 15) is 8.78 Å². The molecule has 15 heavy (non-hydrogen) atoms. The van der Waals surface area contributed by atoms with Crippen LogP contribution in [0.3, 0.4) is 0 Å². The highest BCUT2D eigenvalue weighted by Gasteiger charge is 2.29. The van der Waals surface area contributed by atoms with E-state index in [-0.39, 0.29) is 18.4 Å². The van der Waals surface area contributed by atoms with Gasteiger partial charge in [0.05, 0.1) is 0 Å². The summed E-state index contributed by atoms with van der Waals surface area (Å²) in [5.74, 6) is -1.23. The fourth-order valence-electron chi connectivity index (χ4n) is 1.46. The first-order valence-electron chi connectivity index (χ1n) is 5.01. The van der Waals surface area contributed by atoms with E-state index in [0.717, 1.165) is 12.8 Å². The Kier molecular flexibility index (Phi) is 2.86. The Morgan fingerprint density at radius 2 is 1.93 bits per heavy atom. The molecule has 0 heterocycles. The Morgan fingerprint density at radius 3 is 2.47 bits per heavy atom. The normalized spacial score (nSPS) is 17.5. The monoisotopic (exact) mass is 213 g/mol. The van der Waals surface area contributed by atoms with Gasteiger partial charge in [-0.3, -0.25) is 0 Å². The Bertz CT molecular complexity index is 332. The molecule has 4 heteroatoms. The molecule has 2 rings (SSSR count). The molecule has 0 amide bonds. The highest BCUT2D eigenvalue weighted by atomic mass is 19.1. The van der Waals surface area contributed by atoms with Crippen molar-refractivity contribution in [2.45, 2.75) is 18.9 Å². The summed E-state index contributed by atoms with van der Waals surface area (Å²) < 4.78 is 31.3. The Hall–Kier alpha value is -1.16. The first-order chi connectivity index (χ1) is 7.18. The van der Waals surface area contributed by atoms with Crippen LogP contribution in [0, 0.1) is 17.6 Å². The van der Waals surface area contributed by atoms with Crippen LogP contribution in [0.4, 0.5) is 8.78 Å². The van der Waals surface area contributed by atoms with E-state index >= 15 is 0 Å². The fourth-order valence-corrected chi connectivity index (χ4v) is 1.46. The molecule has 1 saturated carbocycles. The fraction of sp³-hybridized carbons (Fsp3) is 0.455. The lowest BCUT2D eigenvalue weighted by molar-refractivity contribution is 0.252. The van der Waals surface area contributed by atoms with Gasteiger partial charge < -0.3 is 10.5 Å². The molecule has 1 aromatic rings. The standard InChI is InChI=1S/C11H13F2NO/c12-8-2-1-3-9(13)11(8)15-6-10(14)7-4-5-7/h1-3,7,10H,4-6,14H2. The maximum absolute atomic E-state index is 13.1. The van der Waals surface area contributed by atoms with Gasteiger partial charge in [0.15, 0.2) is 17.4 Å². The Labute approximate surface area is 87.0 Å². The minimum Gasteiger partial charge on any atom is -0.486 e. The molecule has 1 atom stereocenters. The van der Waals surface area contributed by atoms with E-state index in [1.807, 2.05) is 0 Å². The number of rotatable bonds is 4. The lowest BCUT2D eigenvalue weighted by Gasteiger charge is -2.12. The number of halogens is 2. The number of hydrogen-bond acceptors (Lipinski definition) is 2.